The molecule has 0 saturated carbocycles. The summed E-state index contributed by atoms with van der Waals surface area (Å²) in [6.07, 6.45) is 73.5. The molecule has 9 nitrogen and oxygen atoms in total. The summed E-state index contributed by atoms with van der Waals surface area (Å²) in [6, 6.07) is 0. The maximum absolute atomic E-state index is 12.8. The maximum atomic E-state index is 12.8. The van der Waals surface area contributed by atoms with Crippen molar-refractivity contribution in [3.05, 3.63) is 85.1 Å². The van der Waals surface area contributed by atoms with Crippen molar-refractivity contribution in [1.82, 2.24) is 0 Å². The highest BCUT2D eigenvalue weighted by molar-refractivity contribution is 7.45. The summed E-state index contributed by atoms with van der Waals surface area (Å²) in [5.74, 6) is -0.848. The van der Waals surface area contributed by atoms with Gasteiger partial charge >= 0.3 is 11.9 Å². The summed E-state index contributed by atoms with van der Waals surface area (Å²) >= 11 is 0. The highest BCUT2D eigenvalue weighted by atomic mass is 31.2. The smallest absolute Gasteiger partial charge is 0.306 e. The van der Waals surface area contributed by atoms with Crippen LogP contribution in [0.1, 0.15) is 258 Å². The molecule has 0 fully saturated rings. The van der Waals surface area contributed by atoms with E-state index in [0.717, 1.165) is 96.3 Å². The Labute approximate surface area is 456 Å². The first kappa shape index (κ1) is 71.2. The Morgan fingerprint density at radius 3 is 1.15 bits per heavy atom. The number of ether oxygens (including phenoxy) is 2. The van der Waals surface area contributed by atoms with Crippen LogP contribution >= 0.6 is 7.82 Å². The molecule has 0 aromatic heterocycles. The van der Waals surface area contributed by atoms with Gasteiger partial charge in [-0.2, -0.15) is 0 Å². The molecule has 0 spiro atoms. The normalized spacial score (nSPS) is 13.9. The lowest BCUT2D eigenvalue weighted by Gasteiger charge is -2.28. The summed E-state index contributed by atoms with van der Waals surface area (Å²) in [7, 11) is 1.15. The first-order valence-electron chi connectivity index (χ1n) is 30.3. The minimum atomic E-state index is -4.64. The molecule has 74 heavy (non-hydrogen) atoms. The lowest BCUT2D eigenvalue weighted by molar-refractivity contribution is -0.870. The molecule has 0 radical (unpaired) electrons. The number of likely N-dealkylation sites (N-methyl/N-ethyl adjacent to an activating group) is 1. The van der Waals surface area contributed by atoms with Crippen LogP contribution in [0.3, 0.4) is 0 Å². The second-order valence-corrected chi connectivity index (χ2v) is 22.7. The van der Waals surface area contributed by atoms with Crippen LogP contribution in [0.5, 0.6) is 0 Å². The van der Waals surface area contributed by atoms with Gasteiger partial charge in [-0.05, 0) is 89.9 Å². The van der Waals surface area contributed by atoms with E-state index >= 15 is 0 Å². The zero-order chi connectivity index (χ0) is 54.2. The summed E-state index contributed by atoms with van der Waals surface area (Å²) in [4.78, 5) is 37.9. The molecule has 0 bridgehead atoms. The number of rotatable bonds is 55. The Morgan fingerprint density at radius 2 is 0.770 bits per heavy atom. The highest BCUT2D eigenvalue weighted by Gasteiger charge is 2.22. The van der Waals surface area contributed by atoms with Crippen LogP contribution in [0.4, 0.5) is 0 Å². The lowest BCUT2D eigenvalue weighted by Crippen LogP contribution is -2.37. The van der Waals surface area contributed by atoms with Gasteiger partial charge in [0, 0.05) is 12.8 Å². The average Bonchev–Trinajstić information content (AvgIpc) is 3.36. The molecule has 0 saturated heterocycles. The summed E-state index contributed by atoms with van der Waals surface area (Å²) < 4.78 is 34.2. The number of esters is 2. The zero-order valence-corrected chi connectivity index (χ0v) is 49.4. The van der Waals surface area contributed by atoms with E-state index in [2.05, 4.69) is 98.9 Å². The molecule has 10 heteroatoms. The van der Waals surface area contributed by atoms with Crippen molar-refractivity contribution in [3.63, 3.8) is 0 Å². The van der Waals surface area contributed by atoms with Gasteiger partial charge in [0.15, 0.2) is 6.10 Å². The number of carbonyl (C=O) groups is 2. The van der Waals surface area contributed by atoms with Crippen molar-refractivity contribution in [1.29, 1.82) is 0 Å². The maximum Gasteiger partial charge on any atom is 0.306 e. The van der Waals surface area contributed by atoms with Crippen LogP contribution in [0.15, 0.2) is 85.1 Å². The number of phosphoric acid groups is 1. The molecule has 0 aliphatic carbocycles. The monoisotopic (exact) mass is 1060 g/mol. The third-order valence-electron chi connectivity index (χ3n) is 12.9. The van der Waals surface area contributed by atoms with E-state index in [1.807, 2.05) is 21.1 Å². The number of phosphoric ester groups is 1. The van der Waals surface area contributed by atoms with Gasteiger partial charge in [-0.15, -0.1) is 0 Å². The number of carbonyl (C=O) groups excluding carboxylic acids is 2. The van der Waals surface area contributed by atoms with Crippen LogP contribution < -0.4 is 4.89 Å². The second-order valence-electron chi connectivity index (χ2n) is 21.3. The molecule has 0 heterocycles. The molecule has 0 aromatic rings. The molecule has 0 aliphatic heterocycles. The Kier molecular flexibility index (Phi) is 52.9. The fourth-order valence-electron chi connectivity index (χ4n) is 8.24. The fraction of sp³-hybridized carbons (Fsp3) is 0.750. The topological polar surface area (TPSA) is 111 Å². The van der Waals surface area contributed by atoms with Crippen LogP contribution in [-0.4, -0.2) is 70.0 Å². The quantitative estimate of drug-likeness (QED) is 0.0195. The number of unbranched alkanes of at least 4 members (excludes halogenated alkanes) is 27. The largest absolute Gasteiger partial charge is 0.756 e. The molecular formula is C64H114NO8P. The van der Waals surface area contributed by atoms with Crippen LogP contribution in [0.2, 0.25) is 0 Å². The van der Waals surface area contributed by atoms with Gasteiger partial charge in [-0.25, -0.2) is 0 Å². The minimum absolute atomic E-state index is 0.0369. The third-order valence-corrected chi connectivity index (χ3v) is 13.9. The van der Waals surface area contributed by atoms with Crippen molar-refractivity contribution >= 4 is 19.8 Å². The molecule has 0 rings (SSSR count). The molecule has 0 amide bonds. The van der Waals surface area contributed by atoms with Crippen LogP contribution in [0, 0.1) is 0 Å². The summed E-state index contributed by atoms with van der Waals surface area (Å²) in [6.45, 7) is 4.11. The van der Waals surface area contributed by atoms with Crippen molar-refractivity contribution in [3.8, 4) is 0 Å². The molecule has 2 unspecified atom stereocenters. The van der Waals surface area contributed by atoms with Gasteiger partial charge in [0.1, 0.15) is 19.8 Å². The first-order valence-corrected chi connectivity index (χ1v) is 31.8. The molecule has 0 aromatic carbocycles. The zero-order valence-electron chi connectivity index (χ0n) is 48.5. The molecule has 0 aliphatic rings. The van der Waals surface area contributed by atoms with Gasteiger partial charge < -0.3 is 27.9 Å². The van der Waals surface area contributed by atoms with E-state index in [9.17, 15) is 19.0 Å². The molecule has 428 valence electrons. The van der Waals surface area contributed by atoms with E-state index < -0.39 is 26.5 Å². The van der Waals surface area contributed by atoms with Gasteiger partial charge in [0.2, 0.25) is 0 Å². The average molecular weight is 1060 g/mol. The first-order chi connectivity index (χ1) is 36.0. The Hall–Kier alpha value is -2.81. The number of hydrogen-bond donors (Lipinski definition) is 0. The lowest BCUT2D eigenvalue weighted by atomic mass is 10.0. The van der Waals surface area contributed by atoms with E-state index in [1.165, 1.54) is 128 Å². The van der Waals surface area contributed by atoms with Gasteiger partial charge in [-0.3, -0.25) is 14.2 Å². The van der Waals surface area contributed by atoms with Crippen molar-refractivity contribution in [2.45, 2.75) is 264 Å². The van der Waals surface area contributed by atoms with Crippen LogP contribution in [-0.2, 0) is 32.7 Å². The molecule has 0 N–H and O–H groups in total. The summed E-state index contributed by atoms with van der Waals surface area (Å²) in [5, 5.41) is 0. The number of nitrogens with zero attached hydrogens (tertiary/aromatic N) is 1. The SMILES string of the molecule is CC/C=C\C/C=C\C/C=C\C/C=C\CCCCCCCCC(=O)OC(COC(=O)CCCCCCCCCCCCCCCCCC/C=C\C/C=C\C/C=C\CCCCCCC)COP(=O)([O-])OCC[N+](C)(C)C. The highest BCUT2D eigenvalue weighted by Crippen LogP contribution is 2.38. The standard InChI is InChI=1S/C64H114NO8P/c1-6-8-10-12-14-16-18-20-22-24-26-27-28-29-30-31-32-33-34-35-36-37-39-40-42-44-46-48-50-52-54-56-63(66)70-60-62(61-72-74(68,69)71-59-58-65(3,4)5)73-64(67)57-55-53-51-49-47-45-43-41-38-25-23-21-19-17-15-13-11-9-7-2/h9,11,15,17-18,20-21,23-24,26,28-29,38,41,62H,6-8,10,12-14,16,19,22,25,27,30-37,39-40,42-61H2,1-5H3/b11-9-,17-15-,20-18-,23-21-,26-24-,29-28-,41-38-. The number of hydrogen-bond acceptors (Lipinski definition) is 8. The third kappa shape index (κ3) is 58.5. The van der Waals surface area contributed by atoms with E-state index in [4.69, 9.17) is 18.5 Å². The molecular weight excluding hydrogens is 942 g/mol. The van der Waals surface area contributed by atoms with Crippen molar-refractivity contribution in [2.75, 3.05) is 47.5 Å². The van der Waals surface area contributed by atoms with Gasteiger partial charge in [0.05, 0.1) is 27.7 Å². The Balaban J connectivity index is 4.10. The summed E-state index contributed by atoms with van der Waals surface area (Å²) in [5.41, 5.74) is 0. The van der Waals surface area contributed by atoms with Crippen LogP contribution in [0.25, 0.3) is 0 Å². The van der Waals surface area contributed by atoms with Crippen molar-refractivity contribution < 1.29 is 42.1 Å². The van der Waals surface area contributed by atoms with E-state index in [1.54, 1.807) is 0 Å². The molecule has 2 atom stereocenters. The number of quaternary nitrogens is 1. The predicted octanol–water partition coefficient (Wildman–Crippen LogP) is 18.4. The van der Waals surface area contributed by atoms with E-state index in [-0.39, 0.29) is 32.0 Å². The van der Waals surface area contributed by atoms with E-state index in [0.29, 0.717) is 17.4 Å². The fourth-order valence-corrected chi connectivity index (χ4v) is 8.97. The van der Waals surface area contributed by atoms with Crippen molar-refractivity contribution in [2.24, 2.45) is 0 Å². The van der Waals surface area contributed by atoms with Gasteiger partial charge in [-0.1, -0.05) is 240 Å². The Bertz CT molecular complexity index is 1520. The minimum Gasteiger partial charge on any atom is -0.756 e. The predicted molar refractivity (Wildman–Crippen MR) is 314 cm³/mol. The second kappa shape index (κ2) is 55.0. The number of allylic oxidation sites excluding steroid dienone is 14. The Morgan fingerprint density at radius 1 is 0.432 bits per heavy atom. The van der Waals surface area contributed by atoms with Gasteiger partial charge in [0.25, 0.3) is 7.82 Å².